The van der Waals surface area contributed by atoms with Crippen molar-refractivity contribution in [3.63, 3.8) is 0 Å². The van der Waals surface area contributed by atoms with Crippen LogP contribution in [0.1, 0.15) is 22.7 Å². The van der Waals surface area contributed by atoms with Gasteiger partial charge in [-0.2, -0.15) is 0 Å². The van der Waals surface area contributed by atoms with Crippen molar-refractivity contribution in [2.75, 3.05) is 34.3 Å². The second-order valence-electron chi connectivity index (χ2n) is 7.59. The summed E-state index contributed by atoms with van der Waals surface area (Å²) in [5.74, 6) is -1.69. The quantitative estimate of drug-likeness (QED) is 0.432. The van der Waals surface area contributed by atoms with E-state index in [2.05, 4.69) is 0 Å². The lowest BCUT2D eigenvalue weighted by Gasteiger charge is -2.26. The number of amides is 1. The first-order valence-electron chi connectivity index (χ1n) is 9.61. The molecule has 0 radical (unpaired) electrons. The number of carbonyl (C=O) groups excluding carboxylic acids is 2. The Morgan fingerprint density at radius 3 is 2.37 bits per heavy atom. The minimum atomic E-state index is -0.771. The number of ether oxygens (including phenoxy) is 1. The Kier molecular flexibility index (Phi) is 6.12. The number of rotatable bonds is 6. The molecule has 30 heavy (non-hydrogen) atoms. The van der Waals surface area contributed by atoms with Crippen molar-refractivity contribution in [3.8, 4) is 11.5 Å². The highest BCUT2D eigenvalue weighted by Crippen LogP contribution is 2.41. The molecule has 2 N–H and O–H groups in total. The number of hydrogen-bond donors (Lipinski definition) is 2. The Labute approximate surface area is 175 Å². The number of Topliss-reactive ketones (excluding diaryl/α,β-unsaturated/α-hetero) is 1. The third-order valence-electron chi connectivity index (χ3n) is 5.18. The van der Waals surface area contributed by atoms with Crippen molar-refractivity contribution in [2.45, 2.75) is 13.0 Å². The maximum atomic E-state index is 12.9. The Morgan fingerprint density at radius 1 is 1.13 bits per heavy atom. The third-order valence-corrected chi connectivity index (χ3v) is 5.18. The zero-order valence-corrected chi connectivity index (χ0v) is 17.5. The van der Waals surface area contributed by atoms with Gasteiger partial charge in [0.1, 0.15) is 17.3 Å². The number of aliphatic hydroxyl groups is 1. The fourth-order valence-corrected chi connectivity index (χ4v) is 3.50. The molecule has 7 nitrogen and oxygen atoms in total. The molecular formula is C23H26N2O5. The zero-order valence-electron chi connectivity index (χ0n) is 17.5. The summed E-state index contributed by atoms with van der Waals surface area (Å²) in [5, 5.41) is 21.4. The van der Waals surface area contributed by atoms with Crippen molar-refractivity contribution in [1.29, 1.82) is 0 Å². The number of carbonyl (C=O) groups is 2. The van der Waals surface area contributed by atoms with Crippen LogP contribution in [0.15, 0.2) is 48.0 Å². The van der Waals surface area contributed by atoms with E-state index < -0.39 is 23.5 Å². The Hall–Kier alpha value is -3.32. The number of hydrogen-bond acceptors (Lipinski definition) is 6. The van der Waals surface area contributed by atoms with Crippen LogP contribution in [0.25, 0.3) is 5.76 Å². The standard InChI is InChI=1S/C23H26N2O5/c1-14-5-7-15(8-6-14)20-19(22(28)23(29)25(20)12-11-24(2)3)21(27)17-10-9-16(30-4)13-18(17)26/h5-10,13,20,26-27H,11-12H2,1-4H3/b21-19+. The lowest BCUT2D eigenvalue weighted by Crippen LogP contribution is -2.35. The van der Waals surface area contributed by atoms with Gasteiger partial charge in [0.15, 0.2) is 0 Å². The summed E-state index contributed by atoms with van der Waals surface area (Å²) in [4.78, 5) is 29.2. The highest BCUT2D eigenvalue weighted by atomic mass is 16.5. The van der Waals surface area contributed by atoms with Gasteiger partial charge in [0.2, 0.25) is 0 Å². The highest BCUT2D eigenvalue weighted by Gasteiger charge is 2.46. The molecule has 0 saturated carbocycles. The van der Waals surface area contributed by atoms with E-state index >= 15 is 0 Å². The van der Waals surface area contributed by atoms with E-state index in [0.717, 1.165) is 5.56 Å². The second kappa shape index (κ2) is 8.59. The molecule has 0 bridgehead atoms. The van der Waals surface area contributed by atoms with Crippen LogP contribution in [-0.2, 0) is 9.59 Å². The monoisotopic (exact) mass is 410 g/mol. The molecule has 3 rings (SSSR count). The first-order chi connectivity index (χ1) is 14.2. The molecule has 0 spiro atoms. The lowest BCUT2D eigenvalue weighted by molar-refractivity contribution is -0.140. The molecule has 1 fully saturated rings. The maximum Gasteiger partial charge on any atom is 0.295 e. The zero-order chi connectivity index (χ0) is 22.0. The second-order valence-corrected chi connectivity index (χ2v) is 7.59. The predicted octanol–water partition coefficient (Wildman–Crippen LogP) is 2.69. The summed E-state index contributed by atoms with van der Waals surface area (Å²) in [7, 11) is 5.22. The first kappa shape index (κ1) is 21.4. The summed E-state index contributed by atoms with van der Waals surface area (Å²) in [5.41, 5.74) is 1.78. The van der Waals surface area contributed by atoms with E-state index in [4.69, 9.17) is 4.74 Å². The van der Waals surface area contributed by atoms with E-state index in [0.29, 0.717) is 24.4 Å². The molecule has 2 aromatic carbocycles. The van der Waals surface area contributed by atoms with Gasteiger partial charge in [0.25, 0.3) is 11.7 Å². The van der Waals surface area contributed by atoms with E-state index in [-0.39, 0.29) is 16.9 Å². The lowest BCUT2D eigenvalue weighted by atomic mass is 9.94. The number of ketones is 1. The molecule has 1 amide bonds. The number of phenols is 1. The SMILES string of the molecule is COc1ccc(/C(O)=C2\C(=O)C(=O)N(CCN(C)C)C2c2ccc(C)cc2)c(O)c1. The molecule has 1 atom stereocenters. The third kappa shape index (κ3) is 4.02. The van der Waals surface area contributed by atoms with Gasteiger partial charge >= 0.3 is 0 Å². The van der Waals surface area contributed by atoms with Crippen LogP contribution in [-0.4, -0.2) is 66.0 Å². The molecule has 7 heteroatoms. The minimum Gasteiger partial charge on any atom is -0.507 e. The number of benzene rings is 2. The Balaban J connectivity index is 2.16. The van der Waals surface area contributed by atoms with E-state index in [1.807, 2.05) is 50.2 Å². The average molecular weight is 410 g/mol. The Bertz CT molecular complexity index is 995. The smallest absolute Gasteiger partial charge is 0.295 e. The van der Waals surface area contributed by atoms with Crippen molar-refractivity contribution in [1.82, 2.24) is 9.80 Å². The largest absolute Gasteiger partial charge is 0.507 e. The number of aromatic hydroxyl groups is 1. The number of aliphatic hydroxyl groups excluding tert-OH is 1. The van der Waals surface area contributed by atoms with Gasteiger partial charge in [0.05, 0.1) is 24.3 Å². The van der Waals surface area contributed by atoms with Crippen LogP contribution < -0.4 is 4.74 Å². The molecule has 1 heterocycles. The van der Waals surface area contributed by atoms with Crippen LogP contribution >= 0.6 is 0 Å². The topological polar surface area (TPSA) is 90.3 Å². The van der Waals surface area contributed by atoms with E-state index in [9.17, 15) is 19.8 Å². The van der Waals surface area contributed by atoms with Crippen molar-refractivity contribution >= 4 is 17.4 Å². The van der Waals surface area contributed by atoms with Gasteiger partial charge in [-0.05, 0) is 38.7 Å². The summed E-state index contributed by atoms with van der Waals surface area (Å²) in [6.45, 7) is 2.83. The Morgan fingerprint density at radius 2 is 1.80 bits per heavy atom. The van der Waals surface area contributed by atoms with Crippen LogP contribution in [0.4, 0.5) is 0 Å². The molecule has 2 aromatic rings. The molecule has 158 valence electrons. The molecule has 1 unspecified atom stereocenters. The molecule has 1 aliphatic rings. The average Bonchev–Trinajstić information content (AvgIpc) is 2.96. The van der Waals surface area contributed by atoms with Crippen molar-refractivity contribution in [3.05, 3.63) is 64.7 Å². The number of likely N-dealkylation sites (N-methyl/N-ethyl adjacent to an activating group) is 1. The molecule has 1 saturated heterocycles. The van der Waals surface area contributed by atoms with Crippen molar-refractivity contribution in [2.24, 2.45) is 0 Å². The predicted molar refractivity (Wildman–Crippen MR) is 113 cm³/mol. The minimum absolute atomic E-state index is 0.0388. The summed E-state index contributed by atoms with van der Waals surface area (Å²) in [6, 6.07) is 11.1. The number of likely N-dealkylation sites (tertiary alicyclic amines) is 1. The number of aryl methyl sites for hydroxylation is 1. The summed E-state index contributed by atoms with van der Waals surface area (Å²) in [6.07, 6.45) is 0. The van der Waals surface area contributed by atoms with Gasteiger partial charge in [-0.3, -0.25) is 9.59 Å². The van der Waals surface area contributed by atoms with Crippen LogP contribution in [0.5, 0.6) is 11.5 Å². The summed E-state index contributed by atoms with van der Waals surface area (Å²) < 4.78 is 5.07. The van der Waals surface area contributed by atoms with E-state index in [1.165, 1.54) is 24.1 Å². The van der Waals surface area contributed by atoms with Crippen LogP contribution in [0, 0.1) is 6.92 Å². The van der Waals surface area contributed by atoms with Gasteiger partial charge < -0.3 is 24.7 Å². The fraction of sp³-hybridized carbons (Fsp3) is 0.304. The summed E-state index contributed by atoms with van der Waals surface area (Å²) >= 11 is 0. The number of nitrogens with zero attached hydrogens (tertiary/aromatic N) is 2. The molecule has 1 aliphatic heterocycles. The number of phenolic OH excluding ortho intramolecular Hbond substituents is 1. The van der Waals surface area contributed by atoms with Gasteiger partial charge in [-0.15, -0.1) is 0 Å². The normalized spacial score (nSPS) is 18.3. The van der Waals surface area contributed by atoms with Gasteiger partial charge in [-0.25, -0.2) is 0 Å². The van der Waals surface area contributed by atoms with E-state index in [1.54, 1.807) is 6.07 Å². The maximum absolute atomic E-state index is 12.9. The first-order valence-corrected chi connectivity index (χ1v) is 9.61. The molecule has 0 aliphatic carbocycles. The van der Waals surface area contributed by atoms with Gasteiger partial charge in [0, 0.05) is 19.2 Å². The highest BCUT2D eigenvalue weighted by molar-refractivity contribution is 6.46. The van der Waals surface area contributed by atoms with Crippen LogP contribution in [0.3, 0.4) is 0 Å². The molecule has 0 aromatic heterocycles. The van der Waals surface area contributed by atoms with Crippen LogP contribution in [0.2, 0.25) is 0 Å². The van der Waals surface area contributed by atoms with Crippen molar-refractivity contribution < 1.29 is 24.5 Å². The fourth-order valence-electron chi connectivity index (χ4n) is 3.50. The number of methoxy groups -OCH3 is 1. The van der Waals surface area contributed by atoms with Gasteiger partial charge in [-0.1, -0.05) is 29.8 Å². The molecular weight excluding hydrogens is 384 g/mol.